The van der Waals surface area contributed by atoms with Crippen LogP contribution in [-0.4, -0.2) is 27.7 Å². The minimum Gasteiger partial charge on any atom is -0.497 e. The molecule has 2 heterocycles. The van der Waals surface area contributed by atoms with Crippen molar-refractivity contribution in [1.29, 1.82) is 0 Å². The molecule has 0 aliphatic carbocycles. The highest BCUT2D eigenvalue weighted by Gasteiger charge is 2.09. The van der Waals surface area contributed by atoms with E-state index >= 15 is 0 Å². The molecule has 0 aliphatic rings. The van der Waals surface area contributed by atoms with E-state index in [4.69, 9.17) is 16.3 Å². The first-order valence-electron chi connectivity index (χ1n) is 8.45. The fourth-order valence-corrected chi connectivity index (χ4v) is 2.82. The van der Waals surface area contributed by atoms with Crippen LogP contribution in [0.2, 0.25) is 5.02 Å². The van der Waals surface area contributed by atoms with Crippen LogP contribution in [0.1, 0.15) is 0 Å². The molecular weight excluding hydrogens is 378 g/mol. The van der Waals surface area contributed by atoms with E-state index in [-0.39, 0.29) is 0 Å². The fourth-order valence-electron chi connectivity index (χ4n) is 2.69. The zero-order chi connectivity index (χ0) is 19.5. The number of methoxy groups -OCH3 is 1. The number of benzene rings is 2. The van der Waals surface area contributed by atoms with Crippen LogP contribution in [0.5, 0.6) is 5.75 Å². The zero-order valence-corrected chi connectivity index (χ0v) is 15.6. The van der Waals surface area contributed by atoms with Gasteiger partial charge in [0, 0.05) is 16.3 Å². The van der Waals surface area contributed by atoms with Crippen molar-refractivity contribution < 1.29 is 9.53 Å². The third kappa shape index (κ3) is 3.89. The Bertz CT molecular complexity index is 1140. The van der Waals surface area contributed by atoms with Crippen molar-refractivity contribution in [1.82, 2.24) is 14.6 Å². The number of imidazole rings is 1. The van der Waals surface area contributed by atoms with Gasteiger partial charge in [0.05, 0.1) is 19.0 Å². The van der Waals surface area contributed by atoms with Gasteiger partial charge in [-0.05, 0) is 48.5 Å². The van der Waals surface area contributed by atoms with Gasteiger partial charge in [-0.15, -0.1) is 0 Å². The van der Waals surface area contributed by atoms with E-state index in [2.05, 4.69) is 20.7 Å². The number of anilines is 2. The average molecular weight is 394 g/mol. The van der Waals surface area contributed by atoms with Gasteiger partial charge in [-0.25, -0.2) is 14.3 Å². The summed E-state index contributed by atoms with van der Waals surface area (Å²) < 4.78 is 6.88. The lowest BCUT2D eigenvalue weighted by Crippen LogP contribution is -2.19. The lowest BCUT2D eigenvalue weighted by molar-refractivity contribution is 0.262. The molecule has 2 N–H and O–H groups in total. The Kier molecular flexibility index (Phi) is 4.82. The number of aromatic nitrogens is 3. The quantitative estimate of drug-likeness (QED) is 0.526. The molecule has 2 amide bonds. The number of amides is 2. The summed E-state index contributed by atoms with van der Waals surface area (Å²) in [5.74, 6) is 1.15. The first-order valence-corrected chi connectivity index (χ1v) is 8.83. The van der Waals surface area contributed by atoms with E-state index in [0.717, 1.165) is 17.0 Å². The average Bonchev–Trinajstić information content (AvgIpc) is 3.11. The molecule has 0 fully saturated rings. The normalized spacial score (nSPS) is 10.6. The van der Waals surface area contributed by atoms with Crippen molar-refractivity contribution in [2.75, 3.05) is 17.7 Å². The summed E-state index contributed by atoms with van der Waals surface area (Å²) in [7, 11) is 1.62. The summed E-state index contributed by atoms with van der Waals surface area (Å²) in [5.41, 5.74) is 2.93. The second kappa shape index (κ2) is 7.58. The van der Waals surface area contributed by atoms with Crippen molar-refractivity contribution in [2.45, 2.75) is 0 Å². The number of urea groups is 1. The monoisotopic (exact) mass is 393 g/mol. The molecule has 0 unspecified atom stereocenters. The van der Waals surface area contributed by atoms with E-state index in [1.807, 2.05) is 36.4 Å². The SMILES string of the molecule is COc1cccc(-c2ccc3nc(NC(=O)Nc4ccc(Cl)cc4)cn3n2)c1. The van der Waals surface area contributed by atoms with E-state index in [1.165, 1.54) is 0 Å². The van der Waals surface area contributed by atoms with Crippen LogP contribution in [0.3, 0.4) is 0 Å². The van der Waals surface area contributed by atoms with Gasteiger partial charge in [0.15, 0.2) is 11.5 Å². The molecule has 0 radical (unpaired) electrons. The summed E-state index contributed by atoms with van der Waals surface area (Å²) in [6.07, 6.45) is 1.65. The molecule has 4 rings (SSSR count). The van der Waals surface area contributed by atoms with Gasteiger partial charge >= 0.3 is 6.03 Å². The molecule has 2 aromatic carbocycles. The molecule has 0 bridgehead atoms. The van der Waals surface area contributed by atoms with Crippen molar-refractivity contribution in [3.8, 4) is 17.0 Å². The molecule has 0 saturated carbocycles. The number of halogens is 1. The van der Waals surface area contributed by atoms with E-state index < -0.39 is 6.03 Å². The molecule has 8 heteroatoms. The highest BCUT2D eigenvalue weighted by Crippen LogP contribution is 2.22. The summed E-state index contributed by atoms with van der Waals surface area (Å²) in [4.78, 5) is 16.5. The first kappa shape index (κ1) is 17.8. The Morgan fingerprint density at radius 2 is 1.89 bits per heavy atom. The van der Waals surface area contributed by atoms with Crippen molar-refractivity contribution in [2.24, 2.45) is 0 Å². The lowest BCUT2D eigenvalue weighted by atomic mass is 10.1. The Labute approximate surface area is 165 Å². The summed E-state index contributed by atoms with van der Waals surface area (Å²) in [6.45, 7) is 0. The number of ether oxygens (including phenoxy) is 1. The minimum atomic E-state index is -0.404. The van der Waals surface area contributed by atoms with Gasteiger partial charge in [-0.1, -0.05) is 23.7 Å². The van der Waals surface area contributed by atoms with Gasteiger partial charge in [0.25, 0.3) is 0 Å². The van der Waals surface area contributed by atoms with Crippen molar-refractivity contribution in [3.05, 3.63) is 71.9 Å². The summed E-state index contributed by atoms with van der Waals surface area (Å²) >= 11 is 5.84. The Balaban J connectivity index is 1.52. The van der Waals surface area contributed by atoms with Crippen LogP contribution < -0.4 is 15.4 Å². The van der Waals surface area contributed by atoms with Crippen LogP contribution in [0.15, 0.2) is 66.9 Å². The smallest absolute Gasteiger partial charge is 0.324 e. The molecule has 0 aliphatic heterocycles. The van der Waals surface area contributed by atoms with Crippen molar-refractivity contribution in [3.63, 3.8) is 0 Å². The third-order valence-electron chi connectivity index (χ3n) is 4.03. The van der Waals surface area contributed by atoms with Gasteiger partial charge < -0.3 is 10.1 Å². The summed E-state index contributed by atoms with van der Waals surface area (Å²) in [5, 5.41) is 10.6. The molecule has 7 nitrogen and oxygen atoms in total. The highest BCUT2D eigenvalue weighted by molar-refractivity contribution is 6.30. The van der Waals surface area contributed by atoms with E-state index in [1.54, 1.807) is 42.1 Å². The number of nitrogens with zero attached hydrogens (tertiary/aromatic N) is 3. The van der Waals surface area contributed by atoms with Crippen LogP contribution in [0, 0.1) is 0 Å². The number of hydrogen-bond acceptors (Lipinski definition) is 4. The lowest BCUT2D eigenvalue weighted by Gasteiger charge is -2.05. The van der Waals surface area contributed by atoms with Crippen LogP contribution >= 0.6 is 11.6 Å². The minimum absolute atomic E-state index is 0.391. The molecular formula is C20H16ClN5O2. The van der Waals surface area contributed by atoms with Crippen LogP contribution in [0.4, 0.5) is 16.3 Å². The standard InChI is InChI=1S/C20H16ClN5O2/c1-28-16-4-2-3-13(11-16)17-9-10-19-23-18(12-26(19)25-17)24-20(27)22-15-7-5-14(21)6-8-15/h2-12H,1H3,(H2,22,24,27). The maximum absolute atomic E-state index is 12.2. The number of fused-ring (bicyclic) bond motifs is 1. The maximum Gasteiger partial charge on any atom is 0.324 e. The molecule has 140 valence electrons. The Hall–Kier alpha value is -3.58. The predicted molar refractivity (Wildman–Crippen MR) is 109 cm³/mol. The topological polar surface area (TPSA) is 80.5 Å². The number of nitrogens with one attached hydrogen (secondary N) is 2. The number of hydrogen-bond donors (Lipinski definition) is 2. The Morgan fingerprint density at radius 1 is 1.07 bits per heavy atom. The number of carbonyl (C=O) groups excluding carboxylic acids is 1. The number of carbonyl (C=O) groups is 1. The van der Waals surface area contributed by atoms with Crippen molar-refractivity contribution >= 4 is 34.8 Å². The van der Waals surface area contributed by atoms with E-state index in [0.29, 0.717) is 22.2 Å². The first-order chi connectivity index (χ1) is 13.6. The molecule has 28 heavy (non-hydrogen) atoms. The van der Waals surface area contributed by atoms with Gasteiger partial charge in [-0.3, -0.25) is 5.32 Å². The van der Waals surface area contributed by atoms with Gasteiger partial charge in [0.2, 0.25) is 0 Å². The highest BCUT2D eigenvalue weighted by atomic mass is 35.5. The summed E-state index contributed by atoms with van der Waals surface area (Å²) in [6, 6.07) is 17.8. The van der Waals surface area contributed by atoms with Gasteiger partial charge in [-0.2, -0.15) is 5.10 Å². The van der Waals surface area contributed by atoms with E-state index in [9.17, 15) is 4.79 Å². The van der Waals surface area contributed by atoms with Crippen LogP contribution in [-0.2, 0) is 0 Å². The Morgan fingerprint density at radius 3 is 2.68 bits per heavy atom. The number of rotatable bonds is 4. The maximum atomic E-state index is 12.2. The second-order valence-electron chi connectivity index (χ2n) is 5.97. The fraction of sp³-hybridized carbons (Fsp3) is 0.0500. The molecule has 0 atom stereocenters. The molecule has 0 spiro atoms. The predicted octanol–water partition coefficient (Wildman–Crippen LogP) is 4.70. The zero-order valence-electron chi connectivity index (χ0n) is 14.9. The second-order valence-corrected chi connectivity index (χ2v) is 6.40. The molecule has 4 aromatic rings. The van der Waals surface area contributed by atoms with Gasteiger partial charge in [0.1, 0.15) is 5.75 Å². The largest absolute Gasteiger partial charge is 0.497 e. The molecule has 2 aromatic heterocycles. The van der Waals surface area contributed by atoms with Crippen LogP contribution in [0.25, 0.3) is 16.9 Å². The molecule has 0 saturated heterocycles. The third-order valence-corrected chi connectivity index (χ3v) is 4.28.